The van der Waals surface area contributed by atoms with E-state index in [1.54, 1.807) is 6.92 Å². The van der Waals surface area contributed by atoms with Crippen molar-refractivity contribution in [3.63, 3.8) is 0 Å². The first-order chi connectivity index (χ1) is 6.77. The van der Waals surface area contributed by atoms with Crippen molar-refractivity contribution in [1.29, 1.82) is 0 Å². The molecule has 1 saturated heterocycles. The van der Waals surface area contributed by atoms with Gasteiger partial charge in [-0.3, -0.25) is 4.79 Å². The van der Waals surface area contributed by atoms with Crippen molar-refractivity contribution in [3.05, 3.63) is 0 Å². The second-order valence-electron chi connectivity index (χ2n) is 4.05. The molecule has 1 aliphatic heterocycles. The molecule has 0 bridgehead atoms. The molecule has 1 amide bonds. The molecule has 4 nitrogen and oxygen atoms in total. The van der Waals surface area contributed by atoms with Crippen LogP contribution in [-0.4, -0.2) is 37.9 Å². The average Bonchev–Trinajstić information content (AvgIpc) is 2.99. The molecule has 14 heavy (non-hydrogen) atoms. The van der Waals surface area contributed by atoms with Crippen LogP contribution in [0.1, 0.15) is 19.8 Å². The molecule has 2 unspecified atom stereocenters. The zero-order valence-electron chi connectivity index (χ0n) is 8.49. The van der Waals surface area contributed by atoms with Gasteiger partial charge in [0.1, 0.15) is 6.10 Å². The molecule has 2 rings (SSSR count). The van der Waals surface area contributed by atoms with Crippen LogP contribution in [0.4, 0.5) is 0 Å². The normalized spacial score (nSPS) is 29.6. The number of carbonyl (C=O) groups excluding carboxylic acids is 1. The zero-order chi connectivity index (χ0) is 9.97. The largest absolute Gasteiger partial charge is 0.376 e. The highest BCUT2D eigenvalue weighted by Crippen LogP contribution is 2.35. The van der Waals surface area contributed by atoms with Crippen molar-refractivity contribution in [1.82, 2.24) is 5.32 Å². The summed E-state index contributed by atoms with van der Waals surface area (Å²) in [6.45, 7) is 3.49. The molecule has 0 spiro atoms. The van der Waals surface area contributed by atoms with Crippen molar-refractivity contribution in [2.45, 2.75) is 31.9 Å². The summed E-state index contributed by atoms with van der Waals surface area (Å²) in [6.07, 6.45) is 2.45. The molecular formula is C10H17NO3. The van der Waals surface area contributed by atoms with Gasteiger partial charge in [0.05, 0.1) is 25.9 Å². The number of carbonyl (C=O) groups is 1. The molecule has 1 N–H and O–H groups in total. The van der Waals surface area contributed by atoms with Crippen LogP contribution in [0.2, 0.25) is 0 Å². The summed E-state index contributed by atoms with van der Waals surface area (Å²) in [7, 11) is 0. The number of ether oxygens (including phenoxy) is 2. The lowest BCUT2D eigenvalue weighted by molar-refractivity contribution is -0.127. The highest BCUT2D eigenvalue weighted by atomic mass is 16.6. The minimum absolute atomic E-state index is 0.0241. The lowest BCUT2D eigenvalue weighted by Crippen LogP contribution is -2.49. The Morgan fingerprint density at radius 1 is 1.43 bits per heavy atom. The molecule has 0 radical (unpaired) electrons. The number of hydrogen-bond acceptors (Lipinski definition) is 3. The fraction of sp³-hybridized carbons (Fsp3) is 0.900. The summed E-state index contributed by atoms with van der Waals surface area (Å²) < 4.78 is 10.9. The van der Waals surface area contributed by atoms with E-state index in [2.05, 4.69) is 5.32 Å². The van der Waals surface area contributed by atoms with E-state index >= 15 is 0 Å². The lowest BCUT2D eigenvalue weighted by Gasteiger charge is -2.30. The quantitative estimate of drug-likeness (QED) is 0.712. The van der Waals surface area contributed by atoms with E-state index in [1.807, 2.05) is 0 Å². The monoisotopic (exact) mass is 199 g/mol. The number of rotatable bonds is 3. The summed E-state index contributed by atoms with van der Waals surface area (Å²) in [5.41, 5.74) is 0. The van der Waals surface area contributed by atoms with E-state index in [4.69, 9.17) is 9.47 Å². The third kappa shape index (κ3) is 2.45. The van der Waals surface area contributed by atoms with Crippen LogP contribution in [0, 0.1) is 5.92 Å². The maximum atomic E-state index is 11.0. The summed E-state index contributed by atoms with van der Waals surface area (Å²) in [5.74, 6) is 0.627. The summed E-state index contributed by atoms with van der Waals surface area (Å²) >= 11 is 0. The Kier molecular flexibility index (Phi) is 3.03. The first-order valence-corrected chi connectivity index (χ1v) is 5.24. The molecule has 80 valence electrons. The van der Waals surface area contributed by atoms with E-state index in [1.165, 1.54) is 12.8 Å². The Bertz CT molecular complexity index is 209. The van der Waals surface area contributed by atoms with Gasteiger partial charge in [0.2, 0.25) is 5.91 Å². The topological polar surface area (TPSA) is 47.6 Å². The van der Waals surface area contributed by atoms with Crippen molar-refractivity contribution in [2.24, 2.45) is 5.92 Å². The molecule has 0 aromatic heterocycles. The third-order valence-electron chi connectivity index (χ3n) is 2.74. The van der Waals surface area contributed by atoms with Crippen LogP contribution < -0.4 is 5.32 Å². The average molecular weight is 199 g/mol. The molecule has 0 aromatic carbocycles. The van der Waals surface area contributed by atoms with Gasteiger partial charge in [-0.15, -0.1) is 0 Å². The second-order valence-corrected chi connectivity index (χ2v) is 4.05. The van der Waals surface area contributed by atoms with Crippen LogP contribution in [0.5, 0.6) is 0 Å². The van der Waals surface area contributed by atoms with E-state index in [-0.39, 0.29) is 18.1 Å². The van der Waals surface area contributed by atoms with E-state index in [0.29, 0.717) is 25.7 Å². The summed E-state index contributed by atoms with van der Waals surface area (Å²) in [5, 5.41) is 2.97. The third-order valence-corrected chi connectivity index (χ3v) is 2.74. The minimum atomic E-state index is 0.0241. The molecule has 0 aromatic rings. The molecule has 1 heterocycles. The Morgan fingerprint density at radius 2 is 2.21 bits per heavy atom. The Morgan fingerprint density at radius 3 is 2.71 bits per heavy atom. The number of nitrogens with one attached hydrogen (secondary N) is 1. The second kappa shape index (κ2) is 4.28. The van der Waals surface area contributed by atoms with Gasteiger partial charge in [0, 0.05) is 6.92 Å². The van der Waals surface area contributed by atoms with Crippen LogP contribution in [-0.2, 0) is 14.3 Å². The first-order valence-electron chi connectivity index (χ1n) is 5.24. The fourth-order valence-electron chi connectivity index (χ4n) is 1.92. The number of hydrogen-bond donors (Lipinski definition) is 1. The Balaban J connectivity index is 1.90. The minimum Gasteiger partial charge on any atom is -0.376 e. The van der Waals surface area contributed by atoms with E-state index < -0.39 is 0 Å². The predicted molar refractivity (Wildman–Crippen MR) is 50.9 cm³/mol. The first kappa shape index (κ1) is 9.93. The van der Waals surface area contributed by atoms with Gasteiger partial charge >= 0.3 is 0 Å². The van der Waals surface area contributed by atoms with Crippen molar-refractivity contribution in [2.75, 3.05) is 19.8 Å². The van der Waals surface area contributed by atoms with Crippen LogP contribution in [0.25, 0.3) is 0 Å². The van der Waals surface area contributed by atoms with Crippen molar-refractivity contribution in [3.8, 4) is 0 Å². The summed E-state index contributed by atoms with van der Waals surface area (Å²) in [4.78, 5) is 11.0. The van der Waals surface area contributed by atoms with Gasteiger partial charge in [-0.05, 0) is 18.8 Å². The smallest absolute Gasteiger partial charge is 0.217 e. The van der Waals surface area contributed by atoms with Gasteiger partial charge < -0.3 is 14.8 Å². The molecule has 2 aliphatic rings. The molecule has 2 atom stereocenters. The fourth-order valence-corrected chi connectivity index (χ4v) is 1.92. The van der Waals surface area contributed by atoms with Gasteiger partial charge in [0.25, 0.3) is 0 Å². The van der Waals surface area contributed by atoms with Crippen LogP contribution >= 0.6 is 0 Å². The van der Waals surface area contributed by atoms with E-state index in [9.17, 15) is 4.79 Å². The lowest BCUT2D eigenvalue weighted by atomic mass is 10.1. The highest BCUT2D eigenvalue weighted by Gasteiger charge is 2.38. The van der Waals surface area contributed by atoms with E-state index in [0.717, 1.165) is 0 Å². The van der Waals surface area contributed by atoms with Gasteiger partial charge in [0.15, 0.2) is 0 Å². The standard InChI is InChI=1S/C10H17NO3/c1-7(12)11-10(8-2-3-8)9-6-13-4-5-14-9/h8-10H,2-6H2,1H3,(H,11,12). The number of amides is 1. The maximum Gasteiger partial charge on any atom is 0.217 e. The van der Waals surface area contributed by atoms with Gasteiger partial charge in [-0.25, -0.2) is 0 Å². The zero-order valence-corrected chi connectivity index (χ0v) is 8.49. The molecule has 2 fully saturated rings. The van der Waals surface area contributed by atoms with Crippen molar-refractivity contribution >= 4 is 5.91 Å². The van der Waals surface area contributed by atoms with Crippen LogP contribution in [0.15, 0.2) is 0 Å². The molecule has 1 saturated carbocycles. The SMILES string of the molecule is CC(=O)NC(C1CC1)C1COCCO1. The van der Waals surface area contributed by atoms with Crippen molar-refractivity contribution < 1.29 is 14.3 Å². The molecule has 4 heteroatoms. The molecular weight excluding hydrogens is 182 g/mol. The highest BCUT2D eigenvalue weighted by molar-refractivity contribution is 5.73. The molecule has 1 aliphatic carbocycles. The Labute approximate surface area is 84.0 Å². The maximum absolute atomic E-state index is 11.0. The van der Waals surface area contributed by atoms with Gasteiger partial charge in [-0.2, -0.15) is 0 Å². The van der Waals surface area contributed by atoms with Gasteiger partial charge in [-0.1, -0.05) is 0 Å². The summed E-state index contributed by atoms with van der Waals surface area (Å²) in [6, 6.07) is 0.160. The van der Waals surface area contributed by atoms with Crippen LogP contribution in [0.3, 0.4) is 0 Å². The predicted octanol–water partition coefficient (Wildman–Crippen LogP) is 0.317. The Hall–Kier alpha value is -0.610.